The van der Waals surface area contributed by atoms with E-state index in [1.165, 1.54) is 17.4 Å². The molecule has 0 spiro atoms. The van der Waals surface area contributed by atoms with Crippen LogP contribution < -0.4 is 15.4 Å². The summed E-state index contributed by atoms with van der Waals surface area (Å²) in [4.78, 5) is 39.4. The zero-order chi connectivity index (χ0) is 30.0. The van der Waals surface area contributed by atoms with Crippen molar-refractivity contribution >= 4 is 32.3 Å². The predicted molar refractivity (Wildman–Crippen MR) is 137 cm³/mol. The summed E-state index contributed by atoms with van der Waals surface area (Å²) in [5.41, 5.74) is -3.68. The lowest BCUT2D eigenvalue weighted by molar-refractivity contribution is -0.433. The van der Waals surface area contributed by atoms with Crippen LogP contribution in [0.15, 0.2) is 36.4 Å². The van der Waals surface area contributed by atoms with Gasteiger partial charge in [0.15, 0.2) is 0 Å². The highest BCUT2D eigenvalue weighted by Gasteiger charge is 2.79. The number of aliphatic hydroxyl groups is 7. The van der Waals surface area contributed by atoms with E-state index in [0.29, 0.717) is 18.8 Å². The lowest BCUT2D eigenvalue weighted by Crippen LogP contribution is -2.87. The molecule has 0 aromatic heterocycles. The van der Waals surface area contributed by atoms with Gasteiger partial charge in [0.2, 0.25) is 0 Å². The first-order valence-electron chi connectivity index (χ1n) is 12.3. The van der Waals surface area contributed by atoms with Crippen LogP contribution in [-0.2, 0) is 33.4 Å². The Morgan fingerprint density at radius 2 is 1.63 bits per heavy atom. The first kappa shape index (κ1) is 29.4. The van der Waals surface area contributed by atoms with Crippen molar-refractivity contribution in [2.75, 3.05) is 26.3 Å². The largest absolute Gasteiger partial charge is 0.488 e. The van der Waals surface area contributed by atoms with Crippen molar-refractivity contribution in [2.24, 2.45) is 0 Å². The summed E-state index contributed by atoms with van der Waals surface area (Å²) in [5, 5.41) is 75.9. The van der Waals surface area contributed by atoms with Crippen molar-refractivity contribution in [3.05, 3.63) is 58.7 Å². The highest BCUT2D eigenvalue weighted by atomic mass is 31.0. The molecular formula is C25H28N3O12P. The third-order valence-electron chi connectivity index (χ3n) is 7.37. The molecule has 2 unspecified atom stereocenters. The number of fused-ring (bicyclic) bond motifs is 1. The number of imide groups is 1. The monoisotopic (exact) mass is 593 g/mol. The van der Waals surface area contributed by atoms with Gasteiger partial charge in [-0.15, -0.1) is 9.24 Å². The summed E-state index contributed by atoms with van der Waals surface area (Å²) in [7, 11) is 2.59. The van der Waals surface area contributed by atoms with E-state index in [4.69, 9.17) is 9.47 Å². The number of carbonyl (C=O) groups is 3. The normalized spacial score (nSPS) is 25.2. The Morgan fingerprint density at radius 3 is 2.29 bits per heavy atom. The Morgan fingerprint density at radius 1 is 0.951 bits per heavy atom. The molecule has 2 aromatic carbocycles. The standard InChI is InChI=1S/C25H28N3O12P/c29-19-15-2-1-3-16(40-12-14-5-4-13(10-17(14)41)11-27-6-8-39-9-7-27)18(15)24(35,36)28(19)22(32)20(30)26-21(31)23(33,34)25(22,37)38/h1-5,10,32-38H,6-9,11-12,41H2,(H,26,30,31). The number of nitrogens with zero attached hydrogens (tertiary/aromatic N) is 2. The molecule has 2 saturated heterocycles. The molecule has 15 nitrogen and oxygen atoms in total. The molecule has 5 rings (SSSR count). The van der Waals surface area contributed by atoms with Crippen LogP contribution >= 0.6 is 9.24 Å². The quantitative estimate of drug-likeness (QED) is 0.0905. The summed E-state index contributed by atoms with van der Waals surface area (Å²) in [6.07, 6.45) is 0. The smallest absolute Gasteiger partial charge is 0.306 e. The molecule has 2 fully saturated rings. The minimum atomic E-state index is -4.52. The third-order valence-corrected chi connectivity index (χ3v) is 7.90. The number of hydrogen-bond acceptors (Lipinski definition) is 13. The number of rotatable bonds is 6. The second-order valence-electron chi connectivity index (χ2n) is 9.96. The minimum Gasteiger partial charge on any atom is -0.488 e. The van der Waals surface area contributed by atoms with Gasteiger partial charge < -0.3 is 45.2 Å². The predicted octanol–water partition coefficient (Wildman–Crippen LogP) is -4.14. The zero-order valence-electron chi connectivity index (χ0n) is 21.4. The van der Waals surface area contributed by atoms with Gasteiger partial charge >= 0.3 is 5.79 Å². The molecule has 41 heavy (non-hydrogen) atoms. The van der Waals surface area contributed by atoms with Crippen LogP contribution in [0.3, 0.4) is 0 Å². The Balaban J connectivity index is 1.43. The number of carbonyl (C=O) groups excluding carboxylic acids is 3. The second-order valence-corrected chi connectivity index (χ2v) is 10.6. The average Bonchev–Trinajstić information content (AvgIpc) is 3.12. The minimum absolute atomic E-state index is 0.128. The van der Waals surface area contributed by atoms with Crippen LogP contribution in [0.4, 0.5) is 0 Å². The van der Waals surface area contributed by atoms with E-state index < -0.39 is 57.0 Å². The number of ether oxygens (including phenoxy) is 2. The molecule has 2 atom stereocenters. The van der Waals surface area contributed by atoms with Crippen LogP contribution in [0.5, 0.6) is 5.75 Å². The number of amides is 3. The lowest BCUT2D eigenvalue weighted by atomic mass is 9.86. The summed E-state index contributed by atoms with van der Waals surface area (Å²) >= 11 is 0. The van der Waals surface area contributed by atoms with Crippen LogP contribution in [0.2, 0.25) is 0 Å². The van der Waals surface area contributed by atoms with Gasteiger partial charge in [-0.2, -0.15) is 0 Å². The molecule has 0 aliphatic carbocycles. The van der Waals surface area contributed by atoms with E-state index in [9.17, 15) is 50.1 Å². The van der Waals surface area contributed by atoms with E-state index in [-0.39, 0.29) is 12.4 Å². The van der Waals surface area contributed by atoms with Crippen molar-refractivity contribution in [3.63, 3.8) is 0 Å². The fourth-order valence-corrected chi connectivity index (χ4v) is 5.46. The van der Waals surface area contributed by atoms with Gasteiger partial charge in [0.25, 0.3) is 35.1 Å². The van der Waals surface area contributed by atoms with Crippen LogP contribution in [0, 0.1) is 0 Å². The van der Waals surface area contributed by atoms with Gasteiger partial charge in [0.1, 0.15) is 12.4 Å². The number of piperidine rings is 1. The third kappa shape index (κ3) is 4.42. The molecule has 2 aromatic rings. The molecule has 0 radical (unpaired) electrons. The molecule has 16 heteroatoms. The first-order valence-corrected chi connectivity index (χ1v) is 12.9. The first-order chi connectivity index (χ1) is 19.1. The molecule has 220 valence electrons. The van der Waals surface area contributed by atoms with Gasteiger partial charge in [0, 0.05) is 19.6 Å². The molecule has 3 aliphatic rings. The lowest BCUT2D eigenvalue weighted by Gasteiger charge is -2.51. The Bertz CT molecular complexity index is 1420. The van der Waals surface area contributed by atoms with E-state index in [2.05, 4.69) is 14.1 Å². The van der Waals surface area contributed by atoms with Gasteiger partial charge in [-0.3, -0.25) is 24.6 Å². The molecule has 3 heterocycles. The van der Waals surface area contributed by atoms with Gasteiger partial charge in [-0.05, 0) is 28.6 Å². The topological polar surface area (TPSA) is 230 Å². The van der Waals surface area contributed by atoms with E-state index in [0.717, 1.165) is 36.6 Å². The molecular weight excluding hydrogens is 565 g/mol. The summed E-state index contributed by atoms with van der Waals surface area (Å²) in [5.74, 6) is -18.4. The number of benzene rings is 2. The molecule has 0 saturated carbocycles. The van der Waals surface area contributed by atoms with Crippen LogP contribution in [0.1, 0.15) is 27.0 Å². The van der Waals surface area contributed by atoms with E-state index in [1.54, 1.807) is 0 Å². The molecule has 8 N–H and O–H groups in total. The van der Waals surface area contributed by atoms with Crippen molar-refractivity contribution in [2.45, 2.75) is 36.4 Å². The maximum atomic E-state index is 13.2. The number of morpholine rings is 1. The average molecular weight is 593 g/mol. The van der Waals surface area contributed by atoms with Crippen molar-refractivity contribution in [3.8, 4) is 5.75 Å². The van der Waals surface area contributed by atoms with Gasteiger partial charge in [-0.25, -0.2) is 4.90 Å². The summed E-state index contributed by atoms with van der Waals surface area (Å²) < 4.78 is 11.2. The summed E-state index contributed by atoms with van der Waals surface area (Å²) in [6, 6.07) is 9.28. The highest BCUT2D eigenvalue weighted by Crippen LogP contribution is 2.48. The van der Waals surface area contributed by atoms with Gasteiger partial charge in [-0.1, -0.05) is 24.3 Å². The Kier molecular flexibility index (Phi) is 7.19. The van der Waals surface area contributed by atoms with Crippen LogP contribution in [-0.4, -0.2) is 107 Å². The SMILES string of the molecule is O=C1c2cccc(OCc3ccc(CN4CCOCC4)cc3P)c2C(O)(O)N1C1(O)C(=O)NC(=O)C(O)(O)C1(O)O. The van der Waals surface area contributed by atoms with Crippen LogP contribution in [0.25, 0.3) is 0 Å². The second kappa shape index (κ2) is 10.0. The molecule has 0 bridgehead atoms. The van der Waals surface area contributed by atoms with Crippen molar-refractivity contribution in [1.29, 1.82) is 0 Å². The number of nitrogens with one attached hydrogen (secondary N) is 1. The van der Waals surface area contributed by atoms with Crippen molar-refractivity contribution < 1.29 is 59.6 Å². The van der Waals surface area contributed by atoms with E-state index in [1.807, 2.05) is 18.2 Å². The Labute approximate surface area is 234 Å². The fourth-order valence-electron chi connectivity index (χ4n) is 5.06. The molecule has 3 amide bonds. The summed E-state index contributed by atoms with van der Waals surface area (Å²) in [6.45, 7) is 3.54. The zero-order valence-corrected chi connectivity index (χ0v) is 22.5. The Hall–Kier alpha value is -3.08. The fraction of sp³-hybridized carbons (Fsp3) is 0.400. The van der Waals surface area contributed by atoms with E-state index >= 15 is 0 Å². The maximum absolute atomic E-state index is 13.2. The number of hydrogen-bond donors (Lipinski definition) is 8. The van der Waals surface area contributed by atoms with Gasteiger partial charge in [0.05, 0.1) is 24.3 Å². The maximum Gasteiger partial charge on any atom is 0.306 e. The highest BCUT2D eigenvalue weighted by molar-refractivity contribution is 7.27. The van der Waals surface area contributed by atoms with Crippen molar-refractivity contribution in [1.82, 2.24) is 15.1 Å². The molecule has 3 aliphatic heterocycles.